The molecule has 6 heteroatoms. The maximum atomic E-state index is 14.2. The minimum atomic E-state index is -1.64. The Kier molecular flexibility index (Phi) is 2.83. The first-order valence-corrected chi connectivity index (χ1v) is 6.96. The Labute approximate surface area is 122 Å². The first-order chi connectivity index (χ1) is 9.37. The molecule has 4 nitrogen and oxygen atoms in total. The lowest BCUT2D eigenvalue weighted by Gasteiger charge is -2.29. The van der Waals surface area contributed by atoms with Crippen molar-refractivity contribution < 1.29 is 23.9 Å². The number of carbonyl (C=O) groups is 3. The van der Waals surface area contributed by atoms with E-state index in [1.54, 1.807) is 12.1 Å². The van der Waals surface area contributed by atoms with Crippen LogP contribution in [0.4, 0.5) is 4.39 Å². The number of Topliss-reactive ketones (excluding diaryl/α,β-unsaturated/α-hetero) is 2. The Morgan fingerprint density at radius 2 is 2.00 bits per heavy atom. The number of hydrogen-bond acceptors (Lipinski definition) is 3. The molecule has 0 amide bonds. The quantitative estimate of drug-likeness (QED) is 0.663. The van der Waals surface area contributed by atoms with E-state index in [1.807, 2.05) is 0 Å². The third-order valence-corrected chi connectivity index (χ3v) is 4.82. The second-order valence-electron chi connectivity index (χ2n) is 5.35. The van der Waals surface area contributed by atoms with E-state index in [1.165, 1.54) is 0 Å². The number of rotatable bonds is 2. The van der Waals surface area contributed by atoms with Gasteiger partial charge in [0.2, 0.25) is 0 Å². The van der Waals surface area contributed by atoms with E-state index in [0.29, 0.717) is 5.56 Å². The Morgan fingerprint density at radius 3 is 2.55 bits per heavy atom. The zero-order valence-electron chi connectivity index (χ0n) is 10.3. The molecule has 2 aliphatic carbocycles. The SMILES string of the molecule is O=C(O)C(=O)C1CC2(CC2)c2ccc(Br)c(F)c2C1=O. The summed E-state index contributed by atoms with van der Waals surface area (Å²) in [6.07, 6.45) is 1.67. The van der Waals surface area contributed by atoms with Crippen LogP contribution in [0.15, 0.2) is 16.6 Å². The van der Waals surface area contributed by atoms with E-state index in [4.69, 9.17) is 5.11 Å². The fourth-order valence-electron chi connectivity index (χ4n) is 2.99. The van der Waals surface area contributed by atoms with Crippen LogP contribution in [-0.2, 0) is 15.0 Å². The van der Waals surface area contributed by atoms with Crippen LogP contribution < -0.4 is 0 Å². The highest BCUT2D eigenvalue weighted by Gasteiger charge is 2.55. The standard InChI is InChI=1S/C14H10BrFO4/c15-8-2-1-7-9(10(8)16)11(17)6(12(18)13(19)20)5-14(7)3-4-14/h1-2,6H,3-5H2,(H,19,20). The van der Waals surface area contributed by atoms with Crippen molar-refractivity contribution in [2.45, 2.75) is 24.7 Å². The molecule has 1 atom stereocenters. The highest BCUT2D eigenvalue weighted by Crippen LogP contribution is 2.57. The second kappa shape index (κ2) is 4.22. The number of carbonyl (C=O) groups excluding carboxylic acids is 2. The van der Waals surface area contributed by atoms with Gasteiger partial charge in [-0.15, -0.1) is 0 Å². The Morgan fingerprint density at radius 1 is 1.35 bits per heavy atom. The third kappa shape index (κ3) is 1.74. The average molecular weight is 341 g/mol. The van der Waals surface area contributed by atoms with Gasteiger partial charge >= 0.3 is 5.97 Å². The van der Waals surface area contributed by atoms with Gasteiger partial charge in [0.1, 0.15) is 5.82 Å². The van der Waals surface area contributed by atoms with Gasteiger partial charge in [0.05, 0.1) is 16.0 Å². The number of carboxylic acid groups (broad SMARTS) is 1. The van der Waals surface area contributed by atoms with Crippen LogP contribution in [-0.4, -0.2) is 22.6 Å². The molecule has 1 aromatic rings. The molecule has 1 unspecified atom stereocenters. The molecule has 1 aromatic carbocycles. The highest BCUT2D eigenvalue weighted by molar-refractivity contribution is 9.10. The number of carboxylic acids is 1. The van der Waals surface area contributed by atoms with E-state index in [2.05, 4.69) is 15.9 Å². The molecular formula is C14H10BrFO4. The first kappa shape index (κ1) is 13.4. The smallest absolute Gasteiger partial charge is 0.372 e. The van der Waals surface area contributed by atoms with E-state index in [9.17, 15) is 18.8 Å². The minimum Gasteiger partial charge on any atom is -0.475 e. The van der Waals surface area contributed by atoms with Gasteiger partial charge in [-0.25, -0.2) is 9.18 Å². The summed E-state index contributed by atoms with van der Waals surface area (Å²) in [5.41, 5.74) is 0.0842. The lowest BCUT2D eigenvalue weighted by Crippen LogP contribution is -2.38. The van der Waals surface area contributed by atoms with Gasteiger partial charge in [-0.2, -0.15) is 0 Å². The van der Waals surface area contributed by atoms with E-state index in [-0.39, 0.29) is 16.5 Å². The van der Waals surface area contributed by atoms with Gasteiger partial charge in [-0.3, -0.25) is 9.59 Å². The monoisotopic (exact) mass is 340 g/mol. The molecule has 3 rings (SSSR count). The van der Waals surface area contributed by atoms with E-state index >= 15 is 0 Å². The van der Waals surface area contributed by atoms with Crippen LogP contribution in [0, 0.1) is 11.7 Å². The molecule has 0 aromatic heterocycles. The van der Waals surface area contributed by atoms with Gasteiger partial charge in [-0.1, -0.05) is 6.07 Å². The fourth-order valence-corrected chi connectivity index (χ4v) is 3.32. The molecule has 0 saturated heterocycles. The largest absolute Gasteiger partial charge is 0.475 e. The lowest BCUT2D eigenvalue weighted by atomic mass is 9.72. The van der Waals surface area contributed by atoms with Crippen molar-refractivity contribution in [3.05, 3.63) is 33.5 Å². The van der Waals surface area contributed by atoms with Gasteiger partial charge in [0, 0.05) is 0 Å². The van der Waals surface area contributed by atoms with Gasteiger partial charge in [0.25, 0.3) is 5.78 Å². The van der Waals surface area contributed by atoms with Crippen molar-refractivity contribution in [1.82, 2.24) is 0 Å². The zero-order chi connectivity index (χ0) is 14.7. The molecule has 104 valence electrons. The molecule has 1 N–H and O–H groups in total. The number of ketones is 2. The predicted molar refractivity (Wildman–Crippen MR) is 70.1 cm³/mol. The third-order valence-electron chi connectivity index (χ3n) is 4.20. The topological polar surface area (TPSA) is 71.4 Å². The Bertz CT molecular complexity index is 663. The first-order valence-electron chi connectivity index (χ1n) is 6.17. The van der Waals surface area contributed by atoms with Crippen molar-refractivity contribution in [2.75, 3.05) is 0 Å². The highest BCUT2D eigenvalue weighted by atomic mass is 79.9. The number of halogens is 2. The molecule has 1 saturated carbocycles. The summed E-state index contributed by atoms with van der Waals surface area (Å²) in [5, 5.41) is 8.81. The Hall–Kier alpha value is -1.56. The maximum Gasteiger partial charge on any atom is 0.372 e. The average Bonchev–Trinajstić information content (AvgIpc) is 3.17. The van der Waals surface area contributed by atoms with Crippen LogP contribution in [0.5, 0.6) is 0 Å². The lowest BCUT2D eigenvalue weighted by molar-refractivity contribution is -0.150. The number of fused-ring (bicyclic) bond motifs is 2. The molecule has 0 radical (unpaired) electrons. The van der Waals surface area contributed by atoms with Crippen molar-refractivity contribution in [3.63, 3.8) is 0 Å². The number of aliphatic carboxylic acids is 1. The molecule has 1 fully saturated rings. The van der Waals surface area contributed by atoms with Crippen molar-refractivity contribution in [1.29, 1.82) is 0 Å². The number of hydrogen-bond donors (Lipinski definition) is 1. The summed E-state index contributed by atoms with van der Waals surface area (Å²) < 4.78 is 14.4. The second-order valence-corrected chi connectivity index (χ2v) is 6.21. The van der Waals surface area contributed by atoms with Crippen molar-refractivity contribution in [3.8, 4) is 0 Å². The van der Waals surface area contributed by atoms with Crippen LogP contribution >= 0.6 is 15.9 Å². The maximum absolute atomic E-state index is 14.2. The molecular weight excluding hydrogens is 331 g/mol. The van der Waals surface area contributed by atoms with Gasteiger partial charge in [0.15, 0.2) is 5.78 Å². The summed E-state index contributed by atoms with van der Waals surface area (Å²) in [6.45, 7) is 0. The van der Waals surface area contributed by atoms with Crippen LogP contribution in [0.1, 0.15) is 35.2 Å². The summed E-state index contributed by atoms with van der Waals surface area (Å²) >= 11 is 3.02. The molecule has 0 bridgehead atoms. The molecule has 2 aliphatic rings. The Balaban J connectivity index is 2.17. The van der Waals surface area contributed by atoms with Crippen molar-refractivity contribution >= 4 is 33.5 Å². The zero-order valence-corrected chi connectivity index (χ0v) is 11.9. The molecule has 20 heavy (non-hydrogen) atoms. The predicted octanol–water partition coefficient (Wildman–Crippen LogP) is 2.48. The van der Waals surface area contributed by atoms with Crippen LogP contribution in [0.3, 0.4) is 0 Å². The molecule has 0 heterocycles. The summed E-state index contributed by atoms with van der Waals surface area (Å²) in [5.74, 6) is -5.49. The summed E-state index contributed by atoms with van der Waals surface area (Å²) in [4.78, 5) is 34.8. The van der Waals surface area contributed by atoms with Gasteiger partial charge in [-0.05, 0) is 52.2 Å². The summed E-state index contributed by atoms with van der Waals surface area (Å²) in [7, 11) is 0. The minimum absolute atomic E-state index is 0.122. The van der Waals surface area contributed by atoms with Crippen molar-refractivity contribution in [2.24, 2.45) is 5.92 Å². The fraction of sp³-hybridized carbons (Fsp3) is 0.357. The molecule has 0 aliphatic heterocycles. The van der Waals surface area contributed by atoms with E-state index in [0.717, 1.165) is 12.8 Å². The summed E-state index contributed by atoms with van der Waals surface area (Å²) in [6, 6.07) is 3.23. The van der Waals surface area contributed by atoms with E-state index < -0.39 is 34.7 Å². The van der Waals surface area contributed by atoms with Crippen LogP contribution in [0.2, 0.25) is 0 Å². The molecule has 1 spiro atoms. The normalized spacial score (nSPS) is 22.5. The van der Waals surface area contributed by atoms with Crippen LogP contribution in [0.25, 0.3) is 0 Å². The number of benzene rings is 1. The van der Waals surface area contributed by atoms with Gasteiger partial charge < -0.3 is 5.11 Å².